The molecule has 0 aromatic carbocycles. The van der Waals surface area contributed by atoms with Gasteiger partial charge in [-0.05, 0) is 5.57 Å². The molecule has 2 aliphatic heterocycles. The van der Waals surface area contributed by atoms with Gasteiger partial charge in [-0.25, -0.2) is 4.79 Å². The van der Waals surface area contributed by atoms with Gasteiger partial charge in [-0.15, -0.1) is 22.0 Å². The minimum absolute atomic E-state index is 0.00822. The fourth-order valence-electron chi connectivity index (χ4n) is 1.96. The number of hydrogen-bond acceptors (Lipinski definition) is 7. The van der Waals surface area contributed by atoms with E-state index in [2.05, 4.69) is 10.2 Å². The number of carbonyl (C=O) groups is 2. The summed E-state index contributed by atoms with van der Waals surface area (Å²) in [6, 6.07) is 0. The zero-order valence-corrected chi connectivity index (χ0v) is 12.1. The Morgan fingerprint density at radius 3 is 3.11 bits per heavy atom. The van der Waals surface area contributed by atoms with Crippen LogP contribution in [0.4, 0.5) is 0 Å². The summed E-state index contributed by atoms with van der Waals surface area (Å²) in [4.78, 5) is 24.3. The van der Waals surface area contributed by atoms with Crippen molar-refractivity contribution in [2.24, 2.45) is 0 Å². The van der Waals surface area contributed by atoms with Crippen molar-refractivity contribution in [2.45, 2.75) is 16.1 Å². The Balaban J connectivity index is 1.81. The van der Waals surface area contributed by atoms with Crippen molar-refractivity contribution < 1.29 is 14.7 Å². The van der Waals surface area contributed by atoms with Gasteiger partial charge in [-0.3, -0.25) is 9.69 Å². The topological polar surface area (TPSA) is 83.4 Å². The van der Waals surface area contributed by atoms with E-state index < -0.39 is 5.97 Å². The minimum atomic E-state index is -1.02. The third kappa shape index (κ3) is 2.37. The molecule has 1 aromatic rings. The second-order valence-electron chi connectivity index (χ2n) is 3.98. The minimum Gasteiger partial charge on any atom is -0.477 e. The van der Waals surface area contributed by atoms with Crippen molar-refractivity contribution >= 4 is 46.7 Å². The summed E-state index contributed by atoms with van der Waals surface area (Å²) in [5.41, 5.74) is 2.58. The van der Waals surface area contributed by atoms with Gasteiger partial charge < -0.3 is 5.11 Å². The molecule has 1 amide bonds. The Kier molecular flexibility index (Phi) is 3.50. The summed E-state index contributed by atoms with van der Waals surface area (Å²) in [6.45, 7) is 0. The third-order valence-electron chi connectivity index (χ3n) is 2.84. The highest BCUT2D eigenvalue weighted by atomic mass is 32.2. The van der Waals surface area contributed by atoms with Gasteiger partial charge in [0, 0.05) is 11.5 Å². The summed E-state index contributed by atoms with van der Waals surface area (Å²) < 4.78 is 0.805. The Bertz CT molecular complexity index is 558. The summed E-state index contributed by atoms with van der Waals surface area (Å²) in [7, 11) is 0. The molecule has 1 atom stereocenters. The maximum Gasteiger partial charge on any atom is 0.352 e. The molecule has 0 radical (unpaired) electrons. The number of β-lactam (4-membered cyclic amide) rings is 1. The van der Waals surface area contributed by atoms with Gasteiger partial charge >= 0.3 is 5.97 Å². The number of carbonyl (C=O) groups excluding carboxylic acids is 1. The van der Waals surface area contributed by atoms with E-state index in [1.165, 1.54) is 28.0 Å². The maximum atomic E-state index is 11.5. The molecule has 0 unspecified atom stereocenters. The largest absolute Gasteiger partial charge is 0.477 e. The first-order valence-corrected chi connectivity index (χ1v) is 8.36. The van der Waals surface area contributed by atoms with Gasteiger partial charge in [0.15, 0.2) is 4.34 Å². The highest BCUT2D eigenvalue weighted by molar-refractivity contribution is 8.01. The zero-order valence-electron chi connectivity index (χ0n) is 9.61. The molecule has 19 heavy (non-hydrogen) atoms. The molecule has 3 heterocycles. The van der Waals surface area contributed by atoms with Crippen LogP contribution >= 0.6 is 34.9 Å². The molecule has 2 aliphatic rings. The number of rotatable bonds is 4. The molecule has 1 N–H and O–H groups in total. The van der Waals surface area contributed by atoms with Crippen molar-refractivity contribution in [2.75, 3.05) is 11.5 Å². The van der Waals surface area contributed by atoms with Gasteiger partial charge in [0.25, 0.3) is 0 Å². The third-order valence-corrected chi connectivity index (χ3v) is 6.07. The molecule has 0 bridgehead atoms. The van der Waals surface area contributed by atoms with E-state index in [-0.39, 0.29) is 17.0 Å². The van der Waals surface area contributed by atoms with E-state index in [4.69, 9.17) is 0 Å². The lowest BCUT2D eigenvalue weighted by Gasteiger charge is -2.43. The molecule has 1 fully saturated rings. The fraction of sp³-hybridized carbons (Fsp3) is 0.400. The van der Waals surface area contributed by atoms with E-state index in [1.54, 1.807) is 17.3 Å². The average Bonchev–Trinajstić information content (AvgIpc) is 2.88. The summed E-state index contributed by atoms with van der Waals surface area (Å²) in [6.07, 6.45) is 0.443. The van der Waals surface area contributed by atoms with E-state index in [0.29, 0.717) is 17.9 Å². The number of carboxylic acids is 1. The van der Waals surface area contributed by atoms with Crippen LogP contribution in [0.1, 0.15) is 6.42 Å². The second kappa shape index (κ2) is 5.14. The molecular weight excluding hydrogens is 306 g/mol. The molecular formula is C10H9N3O3S3. The van der Waals surface area contributed by atoms with Crippen molar-refractivity contribution in [1.29, 1.82) is 0 Å². The Hall–Kier alpha value is -1.06. The smallest absolute Gasteiger partial charge is 0.352 e. The van der Waals surface area contributed by atoms with Crippen LogP contribution in [0, 0.1) is 0 Å². The van der Waals surface area contributed by atoms with Gasteiger partial charge in [0.2, 0.25) is 5.91 Å². The molecule has 0 aliphatic carbocycles. The summed E-state index contributed by atoms with van der Waals surface area (Å²) >= 11 is 4.50. The SMILES string of the molecule is O=C(O)C1=C(CSc2nncs2)CS[C@H]2CC(=O)N12. The van der Waals surface area contributed by atoms with Crippen LogP contribution in [0.2, 0.25) is 0 Å². The van der Waals surface area contributed by atoms with Crippen LogP contribution in [-0.4, -0.2) is 49.0 Å². The van der Waals surface area contributed by atoms with Crippen LogP contribution in [0.25, 0.3) is 0 Å². The number of nitrogens with zero attached hydrogens (tertiary/aromatic N) is 3. The number of aliphatic carboxylic acids is 1. The predicted octanol–water partition coefficient (Wildman–Crippen LogP) is 1.27. The monoisotopic (exact) mass is 315 g/mol. The lowest BCUT2D eigenvalue weighted by Crippen LogP contribution is -2.54. The number of fused-ring (bicyclic) bond motifs is 1. The molecule has 9 heteroatoms. The van der Waals surface area contributed by atoms with E-state index >= 15 is 0 Å². The lowest BCUT2D eigenvalue weighted by atomic mass is 10.1. The molecule has 0 saturated carbocycles. The molecule has 100 valence electrons. The molecule has 0 spiro atoms. The first-order valence-electron chi connectivity index (χ1n) is 5.44. The maximum absolute atomic E-state index is 11.5. The Labute approximate surface area is 121 Å². The normalized spacial score (nSPS) is 22.2. The Morgan fingerprint density at radius 1 is 1.63 bits per heavy atom. The van der Waals surface area contributed by atoms with E-state index in [0.717, 1.165) is 9.91 Å². The lowest BCUT2D eigenvalue weighted by molar-refractivity contribution is -0.146. The van der Waals surface area contributed by atoms with Gasteiger partial charge in [-0.2, -0.15) is 0 Å². The first kappa shape index (κ1) is 12.9. The number of hydrogen-bond donors (Lipinski definition) is 1. The van der Waals surface area contributed by atoms with Crippen molar-refractivity contribution in [3.8, 4) is 0 Å². The van der Waals surface area contributed by atoms with E-state index in [1.807, 2.05) is 0 Å². The van der Waals surface area contributed by atoms with Gasteiger partial charge in [0.1, 0.15) is 11.2 Å². The van der Waals surface area contributed by atoms with Crippen molar-refractivity contribution in [3.63, 3.8) is 0 Å². The highest BCUT2D eigenvalue weighted by Crippen LogP contribution is 2.41. The van der Waals surface area contributed by atoms with Crippen LogP contribution < -0.4 is 0 Å². The summed E-state index contributed by atoms with van der Waals surface area (Å²) in [5.74, 6) is 0.0570. The quantitative estimate of drug-likeness (QED) is 0.662. The molecule has 3 rings (SSSR count). The standard InChI is InChI=1S/C10H9N3O3S3/c14-6-1-7-13(6)8(9(15)16)5(2-17-7)3-18-10-12-11-4-19-10/h4,7H,1-3H2,(H,15,16)/t7-/m0/s1. The number of aromatic nitrogens is 2. The fourth-order valence-corrected chi connectivity index (χ4v) is 4.86. The first-order chi connectivity index (χ1) is 9.16. The van der Waals surface area contributed by atoms with Crippen molar-refractivity contribution in [1.82, 2.24) is 15.1 Å². The number of carboxylic acid groups (broad SMARTS) is 1. The molecule has 6 nitrogen and oxygen atoms in total. The van der Waals surface area contributed by atoms with Gasteiger partial charge in [-0.1, -0.05) is 23.1 Å². The predicted molar refractivity (Wildman–Crippen MR) is 73.0 cm³/mol. The second-order valence-corrected chi connectivity index (χ2v) is 7.21. The van der Waals surface area contributed by atoms with Gasteiger partial charge in [0.05, 0.1) is 11.8 Å². The van der Waals surface area contributed by atoms with Crippen LogP contribution in [-0.2, 0) is 9.59 Å². The van der Waals surface area contributed by atoms with Crippen LogP contribution in [0.5, 0.6) is 0 Å². The highest BCUT2D eigenvalue weighted by Gasteiger charge is 2.45. The molecule has 1 aromatic heterocycles. The van der Waals surface area contributed by atoms with Crippen molar-refractivity contribution in [3.05, 3.63) is 16.8 Å². The average molecular weight is 315 g/mol. The number of thioether (sulfide) groups is 2. The molecule has 1 saturated heterocycles. The Morgan fingerprint density at radius 2 is 2.47 bits per heavy atom. The van der Waals surface area contributed by atoms with Crippen LogP contribution in [0.15, 0.2) is 21.1 Å². The van der Waals surface area contributed by atoms with E-state index in [9.17, 15) is 14.7 Å². The van der Waals surface area contributed by atoms with Crippen LogP contribution in [0.3, 0.4) is 0 Å². The zero-order chi connectivity index (χ0) is 13.4. The summed E-state index contributed by atoms with van der Waals surface area (Å²) in [5, 5.41) is 17.0. The number of amides is 1.